The molecule has 1 aromatic rings. The number of halogens is 5. The predicted molar refractivity (Wildman–Crippen MR) is 106 cm³/mol. The third kappa shape index (κ3) is 5.71. The molecule has 33 heavy (non-hydrogen) atoms. The van der Waals surface area contributed by atoms with Crippen LogP contribution >= 0.6 is 0 Å². The lowest BCUT2D eigenvalue weighted by Crippen LogP contribution is -2.54. The summed E-state index contributed by atoms with van der Waals surface area (Å²) in [5.74, 6) is -14.0. The average molecular weight is 497 g/mol. The van der Waals surface area contributed by atoms with Gasteiger partial charge in [0.2, 0.25) is 5.82 Å². The van der Waals surface area contributed by atoms with Crippen LogP contribution in [0.3, 0.4) is 0 Å². The second-order valence-corrected chi connectivity index (χ2v) is 10.3. The molecule has 1 aliphatic carbocycles. The van der Waals surface area contributed by atoms with Crippen LogP contribution in [0.2, 0.25) is 5.54 Å². The third-order valence-corrected chi connectivity index (χ3v) is 8.52. The Morgan fingerprint density at radius 3 is 1.52 bits per heavy atom. The molecule has 2 rings (SSSR count). The van der Waals surface area contributed by atoms with Crippen molar-refractivity contribution in [1.82, 2.24) is 0 Å². The first kappa shape index (κ1) is 26.7. The van der Waals surface area contributed by atoms with E-state index in [1.807, 2.05) is 0 Å². The zero-order chi connectivity index (χ0) is 24.9. The molecule has 184 valence electrons. The highest BCUT2D eigenvalue weighted by molar-refractivity contribution is 6.67. The van der Waals surface area contributed by atoms with Crippen molar-refractivity contribution in [3.63, 3.8) is 0 Å². The second-order valence-electron chi connectivity index (χ2n) is 7.63. The molecular weight excluding hydrogens is 471 g/mol. The Balaban J connectivity index is 2.55. The Bertz CT molecular complexity index is 850. The Morgan fingerprint density at radius 2 is 1.12 bits per heavy atom. The molecule has 0 bridgehead atoms. The molecule has 0 saturated heterocycles. The highest BCUT2D eigenvalue weighted by Gasteiger charge is 2.61. The van der Waals surface area contributed by atoms with Gasteiger partial charge in [-0.3, -0.25) is 14.4 Å². The summed E-state index contributed by atoms with van der Waals surface area (Å²) < 4.78 is 86.1. The predicted octanol–water partition coefficient (Wildman–Crippen LogP) is 5.21. The van der Waals surface area contributed by atoms with E-state index in [0.717, 1.165) is 0 Å². The summed E-state index contributed by atoms with van der Waals surface area (Å²) in [5, 5.41) is 0. The summed E-state index contributed by atoms with van der Waals surface area (Å²) in [5.41, 5.74) is -1.97. The summed E-state index contributed by atoms with van der Waals surface area (Å²) in [6.45, 7) is 4.38. The van der Waals surface area contributed by atoms with Crippen LogP contribution in [0.5, 0.6) is 0 Å². The molecule has 6 nitrogen and oxygen atoms in total. The summed E-state index contributed by atoms with van der Waals surface area (Å²) in [4.78, 5) is 36.5. The van der Waals surface area contributed by atoms with Gasteiger partial charge in [-0.15, -0.1) is 0 Å². The van der Waals surface area contributed by atoms with Gasteiger partial charge in [-0.1, -0.05) is 27.2 Å². The molecule has 0 aromatic heterocycles. The van der Waals surface area contributed by atoms with Gasteiger partial charge in [0, 0.05) is 24.8 Å². The van der Waals surface area contributed by atoms with Crippen LogP contribution in [0.1, 0.15) is 77.2 Å². The van der Waals surface area contributed by atoms with Gasteiger partial charge >= 0.3 is 8.80 Å². The van der Waals surface area contributed by atoms with E-state index in [9.17, 15) is 36.3 Å². The molecule has 2 atom stereocenters. The van der Waals surface area contributed by atoms with Crippen LogP contribution in [-0.4, -0.2) is 26.7 Å². The van der Waals surface area contributed by atoms with E-state index < -0.39 is 72.8 Å². The zero-order valence-corrected chi connectivity index (χ0v) is 19.4. The lowest BCUT2D eigenvalue weighted by molar-refractivity contribution is -0.151. The Labute approximate surface area is 188 Å². The molecule has 0 amide bonds. The van der Waals surface area contributed by atoms with Crippen molar-refractivity contribution >= 4 is 26.7 Å². The molecule has 1 aromatic carbocycles. The molecular formula is C21H25F5O6Si. The van der Waals surface area contributed by atoms with Crippen molar-refractivity contribution in [1.29, 1.82) is 0 Å². The summed E-state index contributed by atoms with van der Waals surface area (Å²) in [6, 6.07) is 0. The van der Waals surface area contributed by atoms with Gasteiger partial charge in [-0.05, 0) is 25.2 Å². The van der Waals surface area contributed by atoms with E-state index >= 15 is 0 Å². The van der Waals surface area contributed by atoms with Crippen LogP contribution in [0, 0.1) is 29.1 Å². The van der Waals surface area contributed by atoms with Crippen molar-refractivity contribution in [3.05, 3.63) is 34.6 Å². The minimum atomic E-state index is -4.45. The first-order chi connectivity index (χ1) is 15.5. The third-order valence-electron chi connectivity index (χ3n) is 5.46. The molecule has 0 N–H and O–H groups in total. The van der Waals surface area contributed by atoms with Crippen LogP contribution in [0.25, 0.3) is 0 Å². The first-order valence-corrected chi connectivity index (χ1v) is 12.5. The van der Waals surface area contributed by atoms with Gasteiger partial charge < -0.3 is 13.3 Å². The van der Waals surface area contributed by atoms with Crippen molar-refractivity contribution in [2.45, 2.75) is 77.2 Å². The van der Waals surface area contributed by atoms with Gasteiger partial charge in [-0.2, -0.15) is 0 Å². The van der Waals surface area contributed by atoms with Gasteiger partial charge in [0.25, 0.3) is 17.9 Å². The lowest BCUT2D eigenvalue weighted by atomic mass is 9.83. The molecule has 0 spiro atoms. The Morgan fingerprint density at radius 1 is 0.727 bits per heavy atom. The van der Waals surface area contributed by atoms with Crippen molar-refractivity contribution in [2.24, 2.45) is 0 Å². The van der Waals surface area contributed by atoms with Crippen LogP contribution in [0.4, 0.5) is 22.0 Å². The van der Waals surface area contributed by atoms with Gasteiger partial charge in [0.1, 0.15) is 0 Å². The number of benzene rings is 1. The maximum absolute atomic E-state index is 14.4. The number of carbonyl (C=O) groups is 3. The Hall–Kier alpha value is -2.50. The smallest absolute Gasteiger partial charge is 0.455 e. The molecule has 12 heteroatoms. The maximum atomic E-state index is 14.4. The zero-order valence-electron chi connectivity index (χ0n) is 18.4. The van der Waals surface area contributed by atoms with E-state index in [4.69, 9.17) is 13.3 Å². The van der Waals surface area contributed by atoms with Gasteiger partial charge in [0.15, 0.2) is 23.3 Å². The van der Waals surface area contributed by atoms with E-state index in [-0.39, 0.29) is 44.9 Å². The van der Waals surface area contributed by atoms with E-state index in [1.54, 1.807) is 0 Å². The average Bonchev–Trinajstić information content (AvgIpc) is 2.81. The normalized spacial score (nSPS) is 18.5. The standard InChI is InChI=1S/C21H25F5O6Si/c1-4-13(27)30-33(31-14(28)5-2,32-15(29)6-3)12-9-7-8-11(10-12)16-17(22)19(24)21(26)20(25)18(16)23/h11-12H,4-10H2,1-3H3. The summed E-state index contributed by atoms with van der Waals surface area (Å²) in [6.07, 6.45) is -0.258. The van der Waals surface area contributed by atoms with Gasteiger partial charge in [0.05, 0.1) is 5.54 Å². The molecule has 0 aliphatic heterocycles. The number of carbonyl (C=O) groups excluding carboxylic acids is 3. The summed E-state index contributed by atoms with van der Waals surface area (Å²) in [7, 11) is -4.45. The molecule has 0 radical (unpaired) electrons. The van der Waals surface area contributed by atoms with Gasteiger partial charge in [-0.25, -0.2) is 22.0 Å². The SMILES string of the molecule is CCC(=O)O[Si](OC(=O)CC)(OC(=O)CC)C1CCCC(c2c(F)c(F)c(F)c(F)c2F)C1. The van der Waals surface area contributed by atoms with Crippen molar-refractivity contribution in [2.75, 3.05) is 0 Å². The second kappa shape index (κ2) is 11.1. The highest BCUT2D eigenvalue weighted by Crippen LogP contribution is 2.47. The largest absolute Gasteiger partial charge is 0.708 e. The lowest BCUT2D eigenvalue weighted by Gasteiger charge is -2.37. The van der Waals surface area contributed by atoms with Crippen LogP contribution in [0.15, 0.2) is 0 Å². The quantitative estimate of drug-likeness (QED) is 0.213. The molecule has 2 unspecified atom stereocenters. The molecule has 1 fully saturated rings. The van der Waals surface area contributed by atoms with E-state index in [1.165, 1.54) is 20.8 Å². The summed E-state index contributed by atoms with van der Waals surface area (Å²) >= 11 is 0. The fraction of sp³-hybridized carbons (Fsp3) is 0.571. The monoisotopic (exact) mass is 496 g/mol. The maximum Gasteiger partial charge on any atom is 0.708 e. The van der Waals surface area contributed by atoms with Crippen molar-refractivity contribution < 1.29 is 49.6 Å². The number of hydrogen-bond donors (Lipinski definition) is 0. The fourth-order valence-corrected chi connectivity index (χ4v) is 6.90. The number of hydrogen-bond acceptors (Lipinski definition) is 6. The van der Waals surface area contributed by atoms with Crippen LogP contribution < -0.4 is 0 Å². The molecule has 1 saturated carbocycles. The van der Waals surface area contributed by atoms with E-state index in [0.29, 0.717) is 0 Å². The van der Waals surface area contributed by atoms with Crippen LogP contribution in [-0.2, 0) is 27.7 Å². The number of rotatable bonds is 8. The minimum Gasteiger partial charge on any atom is -0.455 e. The minimum absolute atomic E-state index is 0.0600. The molecule has 0 heterocycles. The fourth-order valence-electron chi connectivity index (χ4n) is 3.76. The molecule has 1 aliphatic rings. The Kier molecular flexibility index (Phi) is 8.98. The topological polar surface area (TPSA) is 78.9 Å². The first-order valence-electron chi connectivity index (χ1n) is 10.7. The highest BCUT2D eigenvalue weighted by atomic mass is 28.4. The van der Waals surface area contributed by atoms with Crippen molar-refractivity contribution in [3.8, 4) is 0 Å². The van der Waals surface area contributed by atoms with E-state index in [2.05, 4.69) is 0 Å².